The highest BCUT2D eigenvalue weighted by molar-refractivity contribution is 9.09. The first kappa shape index (κ1) is 15.9. The van der Waals surface area contributed by atoms with E-state index in [1.165, 1.54) is 6.42 Å². The first-order chi connectivity index (χ1) is 10.6. The second-order valence-corrected chi connectivity index (χ2v) is 6.95. The summed E-state index contributed by atoms with van der Waals surface area (Å²) in [4.78, 5) is 14.6. The van der Waals surface area contributed by atoms with Crippen LogP contribution >= 0.6 is 27.5 Å². The van der Waals surface area contributed by atoms with Crippen LogP contribution in [0.25, 0.3) is 0 Å². The third-order valence-corrected chi connectivity index (χ3v) is 5.64. The number of amides is 1. The molecule has 22 heavy (non-hydrogen) atoms. The number of nitrogens with zero attached hydrogens (tertiary/aromatic N) is 1. The molecule has 0 N–H and O–H groups in total. The molecule has 1 spiro atoms. The Morgan fingerprint density at radius 3 is 2.45 bits per heavy atom. The Balaban J connectivity index is 1.97. The van der Waals surface area contributed by atoms with E-state index in [-0.39, 0.29) is 11.4 Å². The Morgan fingerprint density at radius 1 is 1.23 bits per heavy atom. The van der Waals surface area contributed by atoms with Crippen molar-refractivity contribution in [3.8, 4) is 5.75 Å². The lowest BCUT2D eigenvalue weighted by Crippen LogP contribution is -2.47. The summed E-state index contributed by atoms with van der Waals surface area (Å²) in [6, 6.07) is 7.12. The molecule has 3 nitrogen and oxygen atoms in total. The van der Waals surface area contributed by atoms with Crippen molar-refractivity contribution in [2.45, 2.75) is 37.6 Å². The van der Waals surface area contributed by atoms with Crippen molar-refractivity contribution in [2.75, 3.05) is 12.4 Å². The van der Waals surface area contributed by atoms with Gasteiger partial charge in [0.05, 0.1) is 5.54 Å². The largest absolute Gasteiger partial charge is 0.451 e. The molecule has 118 valence electrons. The van der Waals surface area contributed by atoms with Crippen molar-refractivity contribution >= 4 is 33.4 Å². The predicted molar refractivity (Wildman–Crippen MR) is 91.5 cm³/mol. The summed E-state index contributed by atoms with van der Waals surface area (Å²) in [7, 11) is 1.90. The molecule has 3 rings (SSSR count). The van der Waals surface area contributed by atoms with Crippen LogP contribution in [-0.2, 0) is 4.79 Å². The minimum Gasteiger partial charge on any atom is -0.451 e. The molecule has 0 radical (unpaired) electrons. The number of halogens is 2. The van der Waals surface area contributed by atoms with Crippen LogP contribution in [0.4, 0.5) is 0 Å². The van der Waals surface area contributed by atoms with Crippen molar-refractivity contribution in [3.63, 3.8) is 0 Å². The first-order valence-corrected chi connectivity index (χ1v) is 9.09. The van der Waals surface area contributed by atoms with Gasteiger partial charge in [0, 0.05) is 23.0 Å². The second kappa shape index (κ2) is 6.25. The Bertz CT molecular complexity index is 606. The third kappa shape index (κ3) is 2.56. The predicted octanol–water partition coefficient (Wildman–Crippen LogP) is 4.54. The smallest absolute Gasteiger partial charge is 0.290 e. The maximum Gasteiger partial charge on any atom is 0.290 e. The first-order valence-electron chi connectivity index (χ1n) is 7.60. The van der Waals surface area contributed by atoms with Crippen molar-refractivity contribution in [2.24, 2.45) is 0 Å². The molecule has 1 fully saturated rings. The van der Waals surface area contributed by atoms with E-state index in [4.69, 9.17) is 16.3 Å². The summed E-state index contributed by atoms with van der Waals surface area (Å²) >= 11 is 9.47. The van der Waals surface area contributed by atoms with Gasteiger partial charge in [-0.25, -0.2) is 0 Å². The molecule has 1 aliphatic heterocycles. The van der Waals surface area contributed by atoms with Gasteiger partial charge in [-0.3, -0.25) is 4.79 Å². The van der Waals surface area contributed by atoms with E-state index in [1.807, 2.05) is 11.9 Å². The Labute approximate surface area is 144 Å². The average molecular weight is 385 g/mol. The molecule has 0 bridgehead atoms. The number of ether oxygens (including phenoxy) is 1. The van der Waals surface area contributed by atoms with Crippen LogP contribution in [0.5, 0.6) is 5.75 Å². The summed E-state index contributed by atoms with van der Waals surface area (Å²) < 4.78 is 5.94. The van der Waals surface area contributed by atoms with Crippen LogP contribution in [0.15, 0.2) is 35.6 Å². The molecular weight excluding hydrogens is 366 g/mol. The van der Waals surface area contributed by atoms with Gasteiger partial charge in [-0.1, -0.05) is 46.8 Å². The van der Waals surface area contributed by atoms with E-state index in [1.54, 1.807) is 24.3 Å². The van der Waals surface area contributed by atoms with Crippen LogP contribution in [0.1, 0.15) is 32.1 Å². The topological polar surface area (TPSA) is 29.5 Å². The van der Waals surface area contributed by atoms with Gasteiger partial charge in [0.15, 0.2) is 5.76 Å². The molecule has 5 heteroatoms. The monoisotopic (exact) mass is 383 g/mol. The number of alkyl halides is 1. The quantitative estimate of drug-likeness (QED) is 0.716. The minimum atomic E-state index is -0.166. The van der Waals surface area contributed by atoms with Crippen LogP contribution in [-0.4, -0.2) is 28.7 Å². The number of rotatable bonds is 3. The molecule has 1 aromatic carbocycles. The highest BCUT2D eigenvalue weighted by Gasteiger charge is 2.50. The average Bonchev–Trinajstić information content (AvgIpc) is 2.72. The molecule has 0 unspecified atom stereocenters. The highest BCUT2D eigenvalue weighted by atomic mass is 79.9. The lowest BCUT2D eigenvalue weighted by Gasteiger charge is -2.41. The van der Waals surface area contributed by atoms with Crippen molar-refractivity contribution in [1.82, 2.24) is 4.90 Å². The van der Waals surface area contributed by atoms with Crippen LogP contribution < -0.4 is 4.74 Å². The summed E-state index contributed by atoms with van der Waals surface area (Å²) in [5.74, 6) is 1.10. The van der Waals surface area contributed by atoms with E-state index >= 15 is 0 Å². The number of hydrogen-bond donors (Lipinski definition) is 0. The van der Waals surface area contributed by atoms with Crippen molar-refractivity contribution in [1.29, 1.82) is 0 Å². The fourth-order valence-corrected chi connectivity index (χ4v) is 4.48. The van der Waals surface area contributed by atoms with Gasteiger partial charge in [-0.2, -0.15) is 0 Å². The van der Waals surface area contributed by atoms with Gasteiger partial charge >= 0.3 is 0 Å². The minimum absolute atomic E-state index is 0.0219. The second-order valence-electron chi connectivity index (χ2n) is 5.95. The summed E-state index contributed by atoms with van der Waals surface area (Å²) in [6.07, 6.45) is 5.59. The SMILES string of the molecule is CN1C(=O)C(Oc2ccc(Cl)cc2)=C(CBr)C12CCCCC2. The van der Waals surface area contributed by atoms with E-state index in [2.05, 4.69) is 15.9 Å². The normalized spacial score (nSPS) is 20.9. The molecule has 1 saturated carbocycles. The molecule has 1 heterocycles. The van der Waals surface area contributed by atoms with Crippen molar-refractivity contribution < 1.29 is 9.53 Å². The molecular formula is C17H19BrClNO2. The van der Waals surface area contributed by atoms with E-state index < -0.39 is 0 Å². The number of carbonyl (C=O) groups excluding carboxylic acids is 1. The molecule has 2 aliphatic rings. The molecule has 1 aromatic rings. The molecule has 0 atom stereocenters. The number of likely N-dealkylation sites (N-methyl/N-ethyl adjacent to an activating group) is 1. The highest BCUT2D eigenvalue weighted by Crippen LogP contribution is 2.45. The molecule has 0 aromatic heterocycles. The lowest BCUT2D eigenvalue weighted by atomic mass is 9.77. The van der Waals surface area contributed by atoms with Crippen LogP contribution in [0.3, 0.4) is 0 Å². The Kier molecular flexibility index (Phi) is 4.51. The van der Waals surface area contributed by atoms with Gasteiger partial charge in [-0.05, 0) is 37.1 Å². The molecule has 1 aliphatic carbocycles. The van der Waals surface area contributed by atoms with Gasteiger partial charge in [0.25, 0.3) is 5.91 Å². The Morgan fingerprint density at radius 2 is 1.86 bits per heavy atom. The zero-order valence-corrected chi connectivity index (χ0v) is 14.9. The zero-order valence-electron chi connectivity index (χ0n) is 12.6. The van der Waals surface area contributed by atoms with Crippen LogP contribution in [0.2, 0.25) is 5.02 Å². The molecule has 0 saturated heterocycles. The summed E-state index contributed by atoms with van der Waals surface area (Å²) in [5.41, 5.74) is 0.912. The van der Waals surface area contributed by atoms with E-state index in [0.29, 0.717) is 21.9 Å². The lowest BCUT2D eigenvalue weighted by molar-refractivity contribution is -0.130. The van der Waals surface area contributed by atoms with Gasteiger partial charge < -0.3 is 9.64 Å². The standard InChI is InChI=1S/C17H19BrClNO2/c1-20-16(21)15(22-13-7-5-12(19)6-8-13)14(11-18)17(20)9-3-2-4-10-17/h5-8H,2-4,9-11H2,1H3. The van der Waals surface area contributed by atoms with Gasteiger partial charge in [0.1, 0.15) is 5.75 Å². The zero-order chi connectivity index (χ0) is 15.7. The molecule has 1 amide bonds. The van der Waals surface area contributed by atoms with Crippen LogP contribution in [0, 0.1) is 0 Å². The number of hydrogen-bond acceptors (Lipinski definition) is 2. The number of benzene rings is 1. The van der Waals surface area contributed by atoms with Gasteiger partial charge in [0.2, 0.25) is 0 Å². The van der Waals surface area contributed by atoms with Gasteiger partial charge in [-0.15, -0.1) is 0 Å². The Hall–Kier alpha value is -1.000. The fraction of sp³-hybridized carbons (Fsp3) is 0.471. The van der Waals surface area contributed by atoms with Crippen molar-refractivity contribution in [3.05, 3.63) is 40.6 Å². The maximum atomic E-state index is 12.7. The van der Waals surface area contributed by atoms with E-state index in [9.17, 15) is 4.79 Å². The summed E-state index contributed by atoms with van der Waals surface area (Å²) in [5, 5.41) is 1.31. The third-order valence-electron chi connectivity index (χ3n) is 4.82. The maximum absolute atomic E-state index is 12.7. The van der Waals surface area contributed by atoms with E-state index in [0.717, 1.165) is 31.3 Å². The fourth-order valence-electron chi connectivity index (χ4n) is 3.57. The number of carbonyl (C=O) groups is 1. The summed E-state index contributed by atoms with van der Waals surface area (Å²) in [6.45, 7) is 0.